The van der Waals surface area contributed by atoms with E-state index in [0.29, 0.717) is 0 Å². The molecule has 1 fully saturated rings. The zero-order valence-corrected chi connectivity index (χ0v) is 10.7. The highest BCUT2D eigenvalue weighted by Gasteiger charge is 2.44. The van der Waals surface area contributed by atoms with Gasteiger partial charge in [-0.15, -0.1) is 0 Å². The molecule has 0 aromatic carbocycles. The van der Waals surface area contributed by atoms with Crippen LogP contribution >= 0.6 is 0 Å². The van der Waals surface area contributed by atoms with E-state index in [0.717, 1.165) is 0 Å². The Kier molecular flexibility index (Phi) is 5.25. The van der Waals surface area contributed by atoms with Gasteiger partial charge >= 0.3 is 30.1 Å². The molecule has 1 heterocycles. The molecule has 0 saturated carbocycles. The lowest BCUT2D eigenvalue weighted by atomic mass is 10.1. The zero-order chi connectivity index (χ0) is 17.1. The summed E-state index contributed by atoms with van der Waals surface area (Å²) >= 11 is 0. The van der Waals surface area contributed by atoms with Gasteiger partial charge in [0.15, 0.2) is 0 Å². The van der Waals surface area contributed by atoms with Crippen molar-refractivity contribution in [3.8, 4) is 0 Å². The maximum absolute atomic E-state index is 12.0. The quantitative estimate of drug-likeness (QED) is 0.576. The van der Waals surface area contributed by atoms with E-state index in [2.05, 4.69) is 4.74 Å². The minimum Gasteiger partial charge on any atom is -0.461 e. The molecule has 0 aromatic rings. The average molecular weight is 336 g/mol. The van der Waals surface area contributed by atoms with Gasteiger partial charge in [-0.25, -0.2) is 4.79 Å². The predicted octanol–water partition coefficient (Wildman–Crippen LogP) is 0.418. The zero-order valence-electron chi connectivity index (χ0n) is 10.7. The molecule has 1 rings (SSSR count). The normalized spacial score (nSPS) is 22.2. The summed E-state index contributed by atoms with van der Waals surface area (Å²) in [5, 5.41) is 2.94. The van der Waals surface area contributed by atoms with E-state index in [4.69, 9.17) is 0 Å². The number of hydrogen-bond donors (Lipinski definition) is 2. The molecule has 0 radical (unpaired) electrons. The molecule has 1 aliphatic rings. The summed E-state index contributed by atoms with van der Waals surface area (Å²) in [7, 11) is 0. The highest BCUT2D eigenvalue weighted by Crippen LogP contribution is 2.21. The van der Waals surface area contributed by atoms with Crippen molar-refractivity contribution in [3.05, 3.63) is 0 Å². The molecule has 2 atom stereocenters. The molecule has 12 heteroatoms. The lowest BCUT2D eigenvalue weighted by molar-refractivity contribution is -0.175. The minimum absolute atomic E-state index is 0.230. The first kappa shape index (κ1) is 18.0. The predicted molar refractivity (Wildman–Crippen MR) is 56.2 cm³/mol. The number of cyclic esters (lactones) is 1. The van der Waals surface area contributed by atoms with Crippen LogP contribution in [-0.2, 0) is 19.1 Å². The molecule has 6 nitrogen and oxygen atoms in total. The van der Waals surface area contributed by atoms with E-state index in [1.54, 1.807) is 0 Å². The Labute approximate surface area is 119 Å². The van der Waals surface area contributed by atoms with Gasteiger partial charge in [0.1, 0.15) is 12.1 Å². The number of ether oxygens (including phenoxy) is 1. The van der Waals surface area contributed by atoms with Gasteiger partial charge < -0.3 is 15.4 Å². The van der Waals surface area contributed by atoms with Crippen molar-refractivity contribution >= 4 is 17.8 Å². The van der Waals surface area contributed by atoms with E-state index < -0.39 is 48.8 Å². The van der Waals surface area contributed by atoms with Crippen LogP contribution in [0.15, 0.2) is 0 Å². The molecule has 1 saturated heterocycles. The number of carbonyl (C=O) groups is 3. The van der Waals surface area contributed by atoms with Gasteiger partial charge in [0.05, 0.1) is 0 Å². The first-order valence-electron chi connectivity index (χ1n) is 5.84. The topological polar surface area (TPSA) is 84.5 Å². The number of rotatable bonds is 4. The summed E-state index contributed by atoms with van der Waals surface area (Å²) in [6.07, 6.45) is -11.8. The van der Waals surface area contributed by atoms with Crippen LogP contribution in [0.25, 0.3) is 0 Å². The molecule has 1 aliphatic heterocycles. The molecular weight excluding hydrogens is 326 g/mol. The Morgan fingerprint density at radius 3 is 2.14 bits per heavy atom. The fraction of sp³-hybridized carbons (Fsp3) is 0.700. The number of amides is 2. The number of hydrogen-bond acceptors (Lipinski definition) is 4. The van der Waals surface area contributed by atoms with Gasteiger partial charge in [0, 0.05) is 19.4 Å². The fourth-order valence-corrected chi connectivity index (χ4v) is 1.64. The Hall–Kier alpha value is -2.01. The van der Waals surface area contributed by atoms with Crippen molar-refractivity contribution in [2.24, 2.45) is 0 Å². The van der Waals surface area contributed by atoms with Crippen molar-refractivity contribution in [2.75, 3.05) is 6.54 Å². The molecule has 0 spiro atoms. The summed E-state index contributed by atoms with van der Waals surface area (Å²) in [6.45, 7) is -0.490. The standard InChI is InChI=1S/C10H10F6N2O4/c11-9(12,13)7(20)17-2-1-4-3-5(6(19)22-4)18-8(21)10(14,15)16/h4-5H,1-3H2,(H,17,20)(H,18,21)/t4-,5+/m1/s1. The Bertz CT molecular complexity index is 461. The smallest absolute Gasteiger partial charge is 0.461 e. The SMILES string of the molecule is O=C1O[C@H](CCNC(=O)C(F)(F)F)C[C@@H]1NC(=O)C(F)(F)F. The molecule has 0 unspecified atom stereocenters. The molecule has 0 aliphatic carbocycles. The average Bonchev–Trinajstić information content (AvgIpc) is 2.67. The lowest BCUT2D eigenvalue weighted by Crippen LogP contribution is -2.45. The molecule has 22 heavy (non-hydrogen) atoms. The molecule has 2 amide bonds. The van der Waals surface area contributed by atoms with Crippen LogP contribution in [0.1, 0.15) is 12.8 Å². The lowest BCUT2D eigenvalue weighted by Gasteiger charge is -2.11. The molecule has 0 aromatic heterocycles. The molecule has 2 N–H and O–H groups in total. The van der Waals surface area contributed by atoms with E-state index in [1.165, 1.54) is 10.6 Å². The minimum atomic E-state index is -5.17. The maximum Gasteiger partial charge on any atom is 0.471 e. The van der Waals surface area contributed by atoms with Crippen LogP contribution in [0.3, 0.4) is 0 Å². The summed E-state index contributed by atoms with van der Waals surface area (Å²) in [5.41, 5.74) is 0. The van der Waals surface area contributed by atoms with Gasteiger partial charge in [-0.2, -0.15) is 26.3 Å². The van der Waals surface area contributed by atoms with Crippen molar-refractivity contribution in [1.82, 2.24) is 10.6 Å². The highest BCUT2D eigenvalue weighted by molar-refractivity contribution is 5.88. The van der Waals surface area contributed by atoms with Crippen LogP contribution in [0.4, 0.5) is 26.3 Å². The third-order valence-electron chi connectivity index (χ3n) is 2.64. The van der Waals surface area contributed by atoms with Crippen LogP contribution in [-0.4, -0.2) is 48.8 Å². The second kappa shape index (κ2) is 6.40. The van der Waals surface area contributed by atoms with Gasteiger partial charge in [-0.3, -0.25) is 9.59 Å². The van der Waals surface area contributed by atoms with Crippen molar-refractivity contribution in [1.29, 1.82) is 0 Å². The van der Waals surface area contributed by atoms with E-state index >= 15 is 0 Å². The Balaban J connectivity index is 2.40. The summed E-state index contributed by atoms with van der Waals surface area (Å²) in [4.78, 5) is 32.4. The van der Waals surface area contributed by atoms with E-state index in [9.17, 15) is 40.7 Å². The van der Waals surface area contributed by atoms with Crippen molar-refractivity contribution < 1.29 is 45.5 Å². The van der Waals surface area contributed by atoms with Crippen LogP contribution in [0, 0.1) is 0 Å². The third-order valence-corrected chi connectivity index (χ3v) is 2.64. The first-order valence-corrected chi connectivity index (χ1v) is 5.84. The fourth-order valence-electron chi connectivity index (χ4n) is 1.64. The Morgan fingerprint density at radius 2 is 1.64 bits per heavy atom. The van der Waals surface area contributed by atoms with Gasteiger partial charge in [-0.1, -0.05) is 0 Å². The molecule has 126 valence electrons. The van der Waals surface area contributed by atoms with Crippen LogP contribution < -0.4 is 10.6 Å². The molecule has 0 bridgehead atoms. The van der Waals surface area contributed by atoms with Crippen LogP contribution in [0.2, 0.25) is 0 Å². The number of carbonyl (C=O) groups excluding carboxylic acids is 3. The van der Waals surface area contributed by atoms with Crippen molar-refractivity contribution in [2.45, 2.75) is 37.3 Å². The van der Waals surface area contributed by atoms with Gasteiger partial charge in [0.25, 0.3) is 0 Å². The second-order valence-corrected chi connectivity index (χ2v) is 4.36. The van der Waals surface area contributed by atoms with Crippen LogP contribution in [0.5, 0.6) is 0 Å². The highest BCUT2D eigenvalue weighted by atomic mass is 19.4. The number of esters is 1. The Morgan fingerprint density at radius 1 is 1.09 bits per heavy atom. The maximum atomic E-state index is 12.0. The third kappa shape index (κ3) is 5.07. The number of halogens is 6. The monoisotopic (exact) mass is 336 g/mol. The number of alkyl halides is 6. The summed E-state index contributed by atoms with van der Waals surface area (Å²) in [6, 6.07) is -1.53. The van der Waals surface area contributed by atoms with E-state index in [1.807, 2.05) is 0 Å². The second-order valence-electron chi connectivity index (χ2n) is 4.36. The largest absolute Gasteiger partial charge is 0.471 e. The van der Waals surface area contributed by atoms with Gasteiger partial charge in [-0.05, 0) is 0 Å². The molecular formula is C10H10F6N2O4. The summed E-state index contributed by atoms with van der Waals surface area (Å²) in [5.74, 6) is -5.62. The summed E-state index contributed by atoms with van der Waals surface area (Å²) < 4.78 is 76.3. The van der Waals surface area contributed by atoms with Crippen molar-refractivity contribution in [3.63, 3.8) is 0 Å². The van der Waals surface area contributed by atoms with Gasteiger partial charge in [0.2, 0.25) is 0 Å². The van der Waals surface area contributed by atoms with E-state index in [-0.39, 0.29) is 12.8 Å². The number of nitrogens with one attached hydrogen (secondary N) is 2. The first-order chi connectivity index (χ1) is 9.91.